The zero-order valence-electron chi connectivity index (χ0n) is 10.1. The second kappa shape index (κ2) is 6.74. The first-order chi connectivity index (χ1) is 8.49. The molecule has 0 radical (unpaired) electrons. The molecule has 0 fully saturated rings. The van der Waals surface area contributed by atoms with Gasteiger partial charge in [-0.2, -0.15) is 0 Å². The Kier molecular flexibility index (Phi) is 5.30. The fraction of sp³-hybridized carbons (Fsp3) is 0.385. The highest BCUT2D eigenvalue weighted by Gasteiger charge is 2.15. The summed E-state index contributed by atoms with van der Waals surface area (Å²) >= 11 is 0. The minimum Gasteiger partial charge on any atom is -0.481 e. The second-order valence-electron chi connectivity index (χ2n) is 3.94. The number of hydrogen-bond donors (Lipinski definition) is 1. The third-order valence-corrected chi connectivity index (χ3v) is 2.41. The standard InChI is InChI=1S/C13H15FO4/c1-9(15)18-12(3-2-4-13(16)17)10-5-7-11(14)8-6-10/h5-8,12H,2-4H2,1H3,(H,16,17). The van der Waals surface area contributed by atoms with Crippen LogP contribution >= 0.6 is 0 Å². The van der Waals surface area contributed by atoms with Gasteiger partial charge in [-0.05, 0) is 30.5 Å². The van der Waals surface area contributed by atoms with Gasteiger partial charge in [0.2, 0.25) is 0 Å². The van der Waals surface area contributed by atoms with Crippen LogP contribution in [0.25, 0.3) is 0 Å². The molecule has 0 aliphatic carbocycles. The van der Waals surface area contributed by atoms with Crippen molar-refractivity contribution in [3.63, 3.8) is 0 Å². The molecule has 1 atom stereocenters. The Hall–Kier alpha value is -1.91. The van der Waals surface area contributed by atoms with Gasteiger partial charge in [0.25, 0.3) is 0 Å². The summed E-state index contributed by atoms with van der Waals surface area (Å²) in [6.45, 7) is 1.29. The second-order valence-corrected chi connectivity index (χ2v) is 3.94. The van der Waals surface area contributed by atoms with Gasteiger partial charge in [0.1, 0.15) is 11.9 Å². The lowest BCUT2D eigenvalue weighted by Crippen LogP contribution is -2.09. The molecule has 0 aliphatic heterocycles. The highest BCUT2D eigenvalue weighted by molar-refractivity contribution is 5.67. The van der Waals surface area contributed by atoms with E-state index in [0.717, 1.165) is 0 Å². The number of benzene rings is 1. The molecule has 5 heteroatoms. The SMILES string of the molecule is CC(=O)OC(CCCC(=O)O)c1ccc(F)cc1. The van der Waals surface area contributed by atoms with Crippen molar-refractivity contribution in [2.75, 3.05) is 0 Å². The summed E-state index contributed by atoms with van der Waals surface area (Å²) in [4.78, 5) is 21.4. The Morgan fingerprint density at radius 1 is 1.33 bits per heavy atom. The van der Waals surface area contributed by atoms with Crippen LogP contribution in [0.1, 0.15) is 37.9 Å². The highest BCUT2D eigenvalue weighted by Crippen LogP contribution is 2.24. The average Bonchev–Trinajstić information content (AvgIpc) is 2.28. The summed E-state index contributed by atoms with van der Waals surface area (Å²) in [5, 5.41) is 8.56. The Balaban J connectivity index is 2.68. The van der Waals surface area contributed by atoms with Crippen LogP contribution in [0, 0.1) is 5.82 Å². The lowest BCUT2D eigenvalue weighted by atomic mass is 10.0. The van der Waals surface area contributed by atoms with Crippen molar-refractivity contribution in [3.05, 3.63) is 35.6 Å². The molecular formula is C13H15FO4. The van der Waals surface area contributed by atoms with Crippen LogP contribution in [0.4, 0.5) is 4.39 Å². The number of hydrogen-bond acceptors (Lipinski definition) is 3. The van der Waals surface area contributed by atoms with E-state index >= 15 is 0 Å². The minimum absolute atomic E-state index is 0.0129. The Morgan fingerprint density at radius 3 is 2.44 bits per heavy atom. The van der Waals surface area contributed by atoms with E-state index in [-0.39, 0.29) is 12.2 Å². The Labute approximate surface area is 104 Å². The van der Waals surface area contributed by atoms with E-state index in [0.29, 0.717) is 18.4 Å². The number of aliphatic carboxylic acids is 1. The van der Waals surface area contributed by atoms with Crippen LogP contribution in [0.5, 0.6) is 0 Å². The van der Waals surface area contributed by atoms with Crippen LogP contribution in [-0.2, 0) is 14.3 Å². The fourth-order valence-corrected chi connectivity index (χ4v) is 1.61. The molecular weight excluding hydrogens is 239 g/mol. The van der Waals surface area contributed by atoms with Crippen LogP contribution in [0.2, 0.25) is 0 Å². The van der Waals surface area contributed by atoms with E-state index < -0.39 is 18.0 Å². The van der Waals surface area contributed by atoms with E-state index in [4.69, 9.17) is 9.84 Å². The topological polar surface area (TPSA) is 63.6 Å². The van der Waals surface area contributed by atoms with Crippen molar-refractivity contribution in [2.45, 2.75) is 32.3 Å². The third kappa shape index (κ3) is 4.95. The Bertz CT molecular complexity index is 414. The van der Waals surface area contributed by atoms with Gasteiger partial charge in [-0.15, -0.1) is 0 Å². The molecule has 18 heavy (non-hydrogen) atoms. The van der Waals surface area contributed by atoms with Crippen LogP contribution in [-0.4, -0.2) is 17.0 Å². The number of rotatable bonds is 6. The van der Waals surface area contributed by atoms with E-state index in [2.05, 4.69) is 0 Å². The van der Waals surface area contributed by atoms with Crippen LogP contribution in [0.15, 0.2) is 24.3 Å². The molecule has 0 aromatic heterocycles. The molecule has 0 bridgehead atoms. The monoisotopic (exact) mass is 254 g/mol. The first-order valence-corrected chi connectivity index (χ1v) is 5.63. The minimum atomic E-state index is -0.893. The molecule has 0 saturated carbocycles. The maximum absolute atomic E-state index is 12.8. The number of carboxylic acid groups (broad SMARTS) is 1. The molecule has 1 aromatic carbocycles. The summed E-state index contributed by atoms with van der Waals surface area (Å²) in [5.74, 6) is -1.71. The molecule has 0 amide bonds. The maximum atomic E-state index is 12.8. The lowest BCUT2D eigenvalue weighted by molar-refractivity contribution is -0.147. The molecule has 4 nitrogen and oxygen atoms in total. The maximum Gasteiger partial charge on any atom is 0.303 e. The first kappa shape index (κ1) is 14.2. The fourth-order valence-electron chi connectivity index (χ4n) is 1.61. The Morgan fingerprint density at radius 2 is 1.94 bits per heavy atom. The molecule has 1 unspecified atom stereocenters. The summed E-state index contributed by atoms with van der Waals surface area (Å²) in [6, 6.07) is 5.62. The summed E-state index contributed by atoms with van der Waals surface area (Å²) < 4.78 is 17.9. The average molecular weight is 254 g/mol. The molecule has 1 N–H and O–H groups in total. The number of halogens is 1. The van der Waals surface area contributed by atoms with E-state index in [1.54, 1.807) is 0 Å². The van der Waals surface area contributed by atoms with E-state index in [1.807, 2.05) is 0 Å². The predicted octanol–water partition coefficient (Wildman–Crippen LogP) is 2.68. The highest BCUT2D eigenvalue weighted by atomic mass is 19.1. The number of ether oxygens (including phenoxy) is 1. The van der Waals surface area contributed by atoms with Crippen LogP contribution in [0.3, 0.4) is 0 Å². The number of esters is 1. The normalized spacial score (nSPS) is 11.9. The molecule has 1 rings (SSSR count). The summed E-state index contributed by atoms with van der Waals surface area (Å²) in [6.07, 6.45) is 0.281. The third-order valence-electron chi connectivity index (χ3n) is 2.41. The van der Waals surface area contributed by atoms with Crippen molar-refractivity contribution in [2.24, 2.45) is 0 Å². The smallest absolute Gasteiger partial charge is 0.303 e. The molecule has 0 spiro atoms. The quantitative estimate of drug-likeness (QED) is 0.793. The van der Waals surface area contributed by atoms with Gasteiger partial charge in [-0.1, -0.05) is 12.1 Å². The summed E-state index contributed by atoms with van der Waals surface area (Å²) in [5.41, 5.74) is 0.664. The van der Waals surface area contributed by atoms with Gasteiger partial charge in [-0.3, -0.25) is 9.59 Å². The van der Waals surface area contributed by atoms with Crippen molar-refractivity contribution < 1.29 is 23.8 Å². The van der Waals surface area contributed by atoms with Gasteiger partial charge in [-0.25, -0.2) is 4.39 Å². The molecule has 98 valence electrons. The van der Waals surface area contributed by atoms with Crippen molar-refractivity contribution in [1.82, 2.24) is 0 Å². The number of carbonyl (C=O) groups excluding carboxylic acids is 1. The van der Waals surface area contributed by atoms with Gasteiger partial charge in [0, 0.05) is 13.3 Å². The van der Waals surface area contributed by atoms with Crippen LogP contribution < -0.4 is 0 Å². The van der Waals surface area contributed by atoms with Gasteiger partial charge >= 0.3 is 11.9 Å². The molecule has 0 heterocycles. The van der Waals surface area contributed by atoms with Crippen molar-refractivity contribution in [3.8, 4) is 0 Å². The summed E-state index contributed by atoms with van der Waals surface area (Å²) in [7, 11) is 0. The lowest BCUT2D eigenvalue weighted by Gasteiger charge is -2.17. The van der Waals surface area contributed by atoms with Crippen molar-refractivity contribution in [1.29, 1.82) is 0 Å². The zero-order chi connectivity index (χ0) is 13.5. The molecule has 0 saturated heterocycles. The number of carbonyl (C=O) groups is 2. The van der Waals surface area contributed by atoms with Gasteiger partial charge < -0.3 is 9.84 Å². The van der Waals surface area contributed by atoms with Gasteiger partial charge in [0.05, 0.1) is 0 Å². The molecule has 0 aliphatic rings. The predicted molar refractivity (Wildman–Crippen MR) is 62.4 cm³/mol. The molecule has 1 aromatic rings. The van der Waals surface area contributed by atoms with E-state index in [1.165, 1.54) is 31.2 Å². The first-order valence-electron chi connectivity index (χ1n) is 5.63. The van der Waals surface area contributed by atoms with Gasteiger partial charge in [0.15, 0.2) is 0 Å². The number of carboxylic acids is 1. The largest absolute Gasteiger partial charge is 0.481 e. The van der Waals surface area contributed by atoms with E-state index in [9.17, 15) is 14.0 Å². The zero-order valence-corrected chi connectivity index (χ0v) is 10.1. The van der Waals surface area contributed by atoms with Crippen molar-refractivity contribution >= 4 is 11.9 Å².